The fourth-order valence-electron chi connectivity index (χ4n) is 3.05. The Kier molecular flexibility index (Phi) is 5.61. The molecule has 3 aromatic rings. The number of fused-ring (bicyclic) bond motifs is 1. The zero-order valence-electron chi connectivity index (χ0n) is 16.6. The van der Waals surface area contributed by atoms with E-state index in [2.05, 4.69) is 4.98 Å². The molecule has 0 saturated heterocycles. The third kappa shape index (κ3) is 4.09. The lowest BCUT2D eigenvalue weighted by Crippen LogP contribution is -2.32. The summed E-state index contributed by atoms with van der Waals surface area (Å²) in [5.41, 5.74) is 1.41. The van der Waals surface area contributed by atoms with Crippen LogP contribution in [0.3, 0.4) is 0 Å². The second-order valence-corrected chi connectivity index (χ2v) is 6.57. The van der Waals surface area contributed by atoms with E-state index in [1.54, 1.807) is 37.5 Å². The van der Waals surface area contributed by atoms with E-state index in [1.807, 2.05) is 12.1 Å². The monoisotopic (exact) mass is 418 g/mol. The number of rotatable bonds is 7. The summed E-state index contributed by atoms with van der Waals surface area (Å²) in [7, 11) is 0. The number of carbonyl (C=O) groups excluding carboxylic acids is 3. The van der Waals surface area contributed by atoms with Crippen molar-refractivity contribution in [2.75, 3.05) is 6.61 Å². The Morgan fingerprint density at radius 3 is 2.23 bits per heavy atom. The molecule has 156 valence electrons. The van der Waals surface area contributed by atoms with Crippen molar-refractivity contribution in [1.29, 1.82) is 0 Å². The van der Waals surface area contributed by atoms with Crippen LogP contribution in [-0.2, 0) is 11.4 Å². The molecule has 0 radical (unpaired) electrons. The summed E-state index contributed by atoms with van der Waals surface area (Å²) in [6.45, 7) is 2.44. The maximum atomic E-state index is 12.6. The lowest BCUT2D eigenvalue weighted by Gasteiger charge is -2.15. The van der Waals surface area contributed by atoms with Crippen molar-refractivity contribution in [2.45, 2.75) is 13.5 Å². The van der Waals surface area contributed by atoms with Gasteiger partial charge in [-0.05, 0) is 55.0 Å². The summed E-state index contributed by atoms with van der Waals surface area (Å²) in [5.74, 6) is -1.45. The van der Waals surface area contributed by atoms with Gasteiger partial charge in [-0.2, -0.15) is 0 Å². The third-order valence-electron chi connectivity index (χ3n) is 4.55. The molecule has 0 saturated carbocycles. The number of hydroxylamine groups is 2. The van der Waals surface area contributed by atoms with Gasteiger partial charge < -0.3 is 14.3 Å². The second-order valence-electron chi connectivity index (χ2n) is 6.57. The normalized spacial score (nSPS) is 12.5. The third-order valence-corrected chi connectivity index (χ3v) is 4.55. The molecule has 1 aliphatic rings. The Hall–Kier alpha value is -4.20. The van der Waals surface area contributed by atoms with Gasteiger partial charge in [0.1, 0.15) is 6.61 Å². The molecule has 4 rings (SSSR count). The number of hydrogen-bond donors (Lipinski definition) is 0. The molecule has 0 bridgehead atoms. The first-order valence-electron chi connectivity index (χ1n) is 9.57. The molecule has 0 aliphatic carbocycles. The molecule has 0 spiro atoms. The maximum Gasteiger partial charge on any atom is 0.364 e. The highest BCUT2D eigenvalue weighted by molar-refractivity contribution is 6.21. The van der Waals surface area contributed by atoms with E-state index in [4.69, 9.17) is 14.3 Å². The predicted octanol–water partition coefficient (Wildman–Crippen LogP) is 3.43. The van der Waals surface area contributed by atoms with Gasteiger partial charge >= 0.3 is 5.97 Å². The van der Waals surface area contributed by atoms with Crippen LogP contribution >= 0.6 is 0 Å². The molecule has 0 fully saturated rings. The van der Waals surface area contributed by atoms with Gasteiger partial charge in [-0.3, -0.25) is 14.6 Å². The quantitative estimate of drug-likeness (QED) is 0.543. The minimum Gasteiger partial charge on any atom is -0.490 e. The van der Waals surface area contributed by atoms with Gasteiger partial charge in [0.15, 0.2) is 11.5 Å². The fourth-order valence-corrected chi connectivity index (χ4v) is 3.05. The predicted molar refractivity (Wildman–Crippen MR) is 109 cm³/mol. The summed E-state index contributed by atoms with van der Waals surface area (Å²) < 4.78 is 11.4. The second kappa shape index (κ2) is 8.66. The molecule has 0 N–H and O–H groups in total. The highest BCUT2D eigenvalue weighted by atomic mass is 16.7. The molecule has 2 amide bonds. The van der Waals surface area contributed by atoms with Crippen LogP contribution in [-0.4, -0.2) is 34.4 Å². The van der Waals surface area contributed by atoms with E-state index in [9.17, 15) is 14.4 Å². The van der Waals surface area contributed by atoms with Crippen LogP contribution in [0.4, 0.5) is 0 Å². The first-order valence-corrected chi connectivity index (χ1v) is 9.57. The average Bonchev–Trinajstić information content (AvgIpc) is 3.04. The lowest BCUT2D eigenvalue weighted by atomic mass is 10.1. The van der Waals surface area contributed by atoms with E-state index >= 15 is 0 Å². The van der Waals surface area contributed by atoms with Gasteiger partial charge in [0, 0.05) is 12.4 Å². The van der Waals surface area contributed by atoms with Crippen molar-refractivity contribution >= 4 is 17.8 Å². The largest absolute Gasteiger partial charge is 0.490 e. The van der Waals surface area contributed by atoms with E-state index in [-0.39, 0.29) is 16.7 Å². The van der Waals surface area contributed by atoms with Crippen LogP contribution in [0.15, 0.2) is 67.0 Å². The molecular weight excluding hydrogens is 400 g/mol. The SMILES string of the molecule is CCOc1cc(C(=O)ON2C(=O)c3ccccc3C2=O)ccc1OCc1ccncc1. The molecule has 1 aliphatic heterocycles. The first-order chi connectivity index (χ1) is 15.1. The Morgan fingerprint density at radius 1 is 0.903 bits per heavy atom. The molecule has 2 aromatic carbocycles. The zero-order valence-corrected chi connectivity index (χ0v) is 16.6. The average molecular weight is 418 g/mol. The highest BCUT2D eigenvalue weighted by Crippen LogP contribution is 2.30. The van der Waals surface area contributed by atoms with Crippen LogP contribution in [0.1, 0.15) is 43.6 Å². The number of imide groups is 1. The van der Waals surface area contributed by atoms with E-state index in [0.717, 1.165) is 5.56 Å². The number of carbonyl (C=O) groups is 3. The summed E-state index contributed by atoms with van der Waals surface area (Å²) in [6, 6.07) is 14.4. The van der Waals surface area contributed by atoms with Crippen molar-refractivity contribution in [3.63, 3.8) is 0 Å². The Labute approximate surface area is 177 Å². The molecule has 31 heavy (non-hydrogen) atoms. The van der Waals surface area contributed by atoms with Crippen LogP contribution < -0.4 is 9.47 Å². The van der Waals surface area contributed by atoms with E-state index in [0.29, 0.717) is 29.8 Å². The summed E-state index contributed by atoms with van der Waals surface area (Å²) in [4.78, 5) is 46.5. The Morgan fingerprint density at radius 2 is 1.58 bits per heavy atom. The van der Waals surface area contributed by atoms with Crippen LogP contribution in [0, 0.1) is 0 Å². The number of aromatic nitrogens is 1. The van der Waals surface area contributed by atoms with Crippen LogP contribution in [0.2, 0.25) is 0 Å². The molecule has 0 atom stereocenters. The Balaban J connectivity index is 1.50. The number of amides is 2. The number of nitrogens with zero attached hydrogens (tertiary/aromatic N) is 2. The van der Waals surface area contributed by atoms with Crippen molar-refractivity contribution in [3.8, 4) is 11.5 Å². The molecular formula is C23H18N2O6. The van der Waals surface area contributed by atoms with Gasteiger partial charge in [-0.15, -0.1) is 0 Å². The standard InChI is InChI=1S/C23H18N2O6/c1-2-29-20-13-16(7-8-19(20)30-14-15-9-11-24-12-10-15)23(28)31-25-21(26)17-5-3-4-6-18(17)22(25)27/h3-13H,2,14H2,1H3. The molecule has 2 heterocycles. The van der Waals surface area contributed by atoms with Crippen molar-refractivity contribution in [2.24, 2.45) is 0 Å². The molecule has 8 nitrogen and oxygen atoms in total. The zero-order chi connectivity index (χ0) is 21.8. The minimum atomic E-state index is -0.865. The van der Waals surface area contributed by atoms with E-state index < -0.39 is 17.8 Å². The van der Waals surface area contributed by atoms with Crippen molar-refractivity contribution in [1.82, 2.24) is 10.0 Å². The minimum absolute atomic E-state index is 0.108. The topological polar surface area (TPSA) is 95.0 Å². The van der Waals surface area contributed by atoms with Gasteiger partial charge in [0.05, 0.1) is 23.3 Å². The van der Waals surface area contributed by atoms with Crippen LogP contribution in [0.5, 0.6) is 11.5 Å². The first kappa shape index (κ1) is 20.1. The molecule has 1 aromatic heterocycles. The lowest BCUT2D eigenvalue weighted by molar-refractivity contribution is -0.0584. The number of ether oxygens (including phenoxy) is 2. The number of hydrogen-bond acceptors (Lipinski definition) is 7. The maximum absolute atomic E-state index is 12.6. The van der Waals surface area contributed by atoms with E-state index in [1.165, 1.54) is 24.3 Å². The number of pyridine rings is 1. The Bertz CT molecular complexity index is 1110. The van der Waals surface area contributed by atoms with Gasteiger partial charge in [0.2, 0.25) is 0 Å². The molecule has 8 heteroatoms. The summed E-state index contributed by atoms with van der Waals surface area (Å²) >= 11 is 0. The molecule has 0 unspecified atom stereocenters. The van der Waals surface area contributed by atoms with Crippen molar-refractivity contribution < 1.29 is 28.7 Å². The highest BCUT2D eigenvalue weighted by Gasteiger charge is 2.38. The summed E-state index contributed by atoms with van der Waals surface area (Å²) in [5, 5.41) is 0.473. The van der Waals surface area contributed by atoms with Crippen molar-refractivity contribution in [3.05, 3.63) is 89.2 Å². The smallest absolute Gasteiger partial charge is 0.364 e. The van der Waals surface area contributed by atoms with Gasteiger partial charge in [0.25, 0.3) is 11.8 Å². The van der Waals surface area contributed by atoms with Gasteiger partial charge in [-0.1, -0.05) is 17.2 Å². The number of benzene rings is 2. The van der Waals surface area contributed by atoms with Gasteiger partial charge in [-0.25, -0.2) is 4.79 Å². The summed E-state index contributed by atoms with van der Waals surface area (Å²) in [6.07, 6.45) is 3.33. The van der Waals surface area contributed by atoms with Crippen LogP contribution in [0.25, 0.3) is 0 Å². The fraction of sp³-hybridized carbons (Fsp3) is 0.130.